The van der Waals surface area contributed by atoms with Crippen molar-refractivity contribution in [1.82, 2.24) is 0 Å². The van der Waals surface area contributed by atoms with Crippen molar-refractivity contribution in [1.29, 1.82) is 0 Å². The molecule has 6 nitrogen and oxygen atoms in total. The molecule has 1 aliphatic heterocycles. The predicted molar refractivity (Wildman–Crippen MR) is 93.3 cm³/mol. The number of benzene rings is 1. The number of esters is 1. The Labute approximate surface area is 138 Å². The van der Waals surface area contributed by atoms with Crippen LogP contribution < -0.4 is 9.04 Å². The lowest BCUT2D eigenvalue weighted by Crippen LogP contribution is -2.34. The van der Waals surface area contributed by atoms with Crippen LogP contribution in [0.1, 0.15) is 35.7 Å². The number of anilines is 1. The van der Waals surface area contributed by atoms with Gasteiger partial charge >= 0.3 is 5.97 Å². The molecule has 0 unspecified atom stereocenters. The molecule has 0 bridgehead atoms. The van der Waals surface area contributed by atoms with Crippen LogP contribution in [0.5, 0.6) is 5.75 Å². The average Bonchev–Trinajstić information content (AvgIpc) is 2.53. The highest BCUT2D eigenvalue weighted by molar-refractivity contribution is 8.25. The molecule has 1 aromatic rings. The van der Waals surface area contributed by atoms with Gasteiger partial charge in [-0.25, -0.2) is 4.79 Å². The summed E-state index contributed by atoms with van der Waals surface area (Å²) in [5.41, 5.74) is 1.54. The second-order valence-electron chi connectivity index (χ2n) is 5.26. The molecule has 1 fully saturated rings. The third-order valence-electron chi connectivity index (χ3n) is 3.72. The molecule has 2 N–H and O–H groups in total. The van der Waals surface area contributed by atoms with Gasteiger partial charge in [-0.2, -0.15) is 0 Å². The Morgan fingerprint density at radius 1 is 1.30 bits per heavy atom. The van der Waals surface area contributed by atoms with Crippen molar-refractivity contribution in [2.75, 3.05) is 30.8 Å². The van der Waals surface area contributed by atoms with E-state index < -0.39 is 16.7 Å². The first-order valence-corrected chi connectivity index (χ1v) is 9.08. The SMILES string of the molecule is CC=Cc1cc(C(=O)OC)cc(N2CCCCS2(O)O)c1OC. The highest BCUT2D eigenvalue weighted by Crippen LogP contribution is 2.52. The maximum atomic E-state index is 11.9. The zero-order chi connectivity index (χ0) is 17.0. The Kier molecular flexibility index (Phi) is 5.56. The molecule has 2 rings (SSSR count). The summed E-state index contributed by atoms with van der Waals surface area (Å²) in [6, 6.07) is 3.26. The van der Waals surface area contributed by atoms with Crippen LogP contribution in [0.4, 0.5) is 5.69 Å². The van der Waals surface area contributed by atoms with Crippen LogP contribution in [0.3, 0.4) is 0 Å². The maximum Gasteiger partial charge on any atom is 0.337 e. The third-order valence-corrected chi connectivity index (χ3v) is 5.64. The molecule has 0 spiro atoms. The Balaban J connectivity index is 2.63. The van der Waals surface area contributed by atoms with Gasteiger partial charge in [-0.3, -0.25) is 13.4 Å². The first-order valence-electron chi connectivity index (χ1n) is 7.41. The van der Waals surface area contributed by atoms with Crippen LogP contribution in [0.25, 0.3) is 6.08 Å². The van der Waals surface area contributed by atoms with E-state index in [1.807, 2.05) is 19.1 Å². The van der Waals surface area contributed by atoms with Gasteiger partial charge < -0.3 is 9.47 Å². The molecule has 1 aliphatic rings. The van der Waals surface area contributed by atoms with Gasteiger partial charge in [0.05, 0.1) is 25.5 Å². The van der Waals surface area contributed by atoms with Crippen LogP contribution in [0.2, 0.25) is 0 Å². The van der Waals surface area contributed by atoms with Crippen molar-refractivity contribution in [3.8, 4) is 5.75 Å². The van der Waals surface area contributed by atoms with Gasteiger partial charge in [0.2, 0.25) is 0 Å². The highest BCUT2D eigenvalue weighted by Gasteiger charge is 2.30. The van der Waals surface area contributed by atoms with E-state index in [1.54, 1.807) is 16.4 Å². The number of hydrogen-bond donors (Lipinski definition) is 2. The number of allylic oxidation sites excluding steroid dienone is 1. The molecule has 1 heterocycles. The number of carbonyl (C=O) groups is 1. The van der Waals surface area contributed by atoms with Crippen LogP contribution >= 0.6 is 10.8 Å². The number of nitrogens with zero attached hydrogens (tertiary/aromatic N) is 1. The van der Waals surface area contributed by atoms with Gasteiger partial charge in [0.25, 0.3) is 0 Å². The summed E-state index contributed by atoms with van der Waals surface area (Å²) < 4.78 is 32.6. The fraction of sp³-hybridized carbons (Fsp3) is 0.438. The molecule has 7 heteroatoms. The van der Waals surface area contributed by atoms with Gasteiger partial charge in [0, 0.05) is 12.1 Å². The van der Waals surface area contributed by atoms with E-state index in [2.05, 4.69) is 0 Å². The van der Waals surface area contributed by atoms with Gasteiger partial charge in [0.1, 0.15) is 5.69 Å². The minimum Gasteiger partial charge on any atom is -0.494 e. The van der Waals surface area contributed by atoms with Crippen molar-refractivity contribution >= 4 is 28.5 Å². The van der Waals surface area contributed by atoms with E-state index >= 15 is 0 Å². The zero-order valence-electron chi connectivity index (χ0n) is 13.6. The third kappa shape index (κ3) is 3.63. The first kappa shape index (κ1) is 17.7. The summed E-state index contributed by atoms with van der Waals surface area (Å²) in [6.45, 7) is 2.36. The molecule has 128 valence electrons. The molecule has 0 atom stereocenters. The minimum absolute atomic E-state index is 0.317. The zero-order valence-corrected chi connectivity index (χ0v) is 14.4. The van der Waals surface area contributed by atoms with Crippen molar-refractivity contribution in [3.05, 3.63) is 29.3 Å². The van der Waals surface area contributed by atoms with Crippen LogP contribution in [0.15, 0.2) is 18.2 Å². The van der Waals surface area contributed by atoms with E-state index in [4.69, 9.17) is 9.47 Å². The number of rotatable bonds is 4. The van der Waals surface area contributed by atoms with Crippen molar-refractivity contribution in [2.24, 2.45) is 0 Å². The summed E-state index contributed by atoms with van der Waals surface area (Å²) in [6.07, 6.45) is 5.25. The Morgan fingerprint density at radius 2 is 2.04 bits per heavy atom. The minimum atomic E-state index is -2.91. The first-order chi connectivity index (χ1) is 10.9. The van der Waals surface area contributed by atoms with E-state index in [0.29, 0.717) is 34.9 Å². The van der Waals surface area contributed by atoms with E-state index in [9.17, 15) is 13.9 Å². The number of carbonyl (C=O) groups excluding carboxylic acids is 1. The second-order valence-corrected chi connectivity index (χ2v) is 7.37. The van der Waals surface area contributed by atoms with Gasteiger partial charge in [-0.15, -0.1) is 10.8 Å². The molecule has 0 saturated carbocycles. The lowest BCUT2D eigenvalue weighted by molar-refractivity contribution is 0.0600. The predicted octanol–water partition coefficient (Wildman–Crippen LogP) is 3.78. The summed E-state index contributed by atoms with van der Waals surface area (Å²) in [5, 5.41) is 0. The van der Waals surface area contributed by atoms with Crippen molar-refractivity contribution in [2.45, 2.75) is 19.8 Å². The van der Waals surface area contributed by atoms with Crippen molar-refractivity contribution in [3.63, 3.8) is 0 Å². The fourth-order valence-corrected chi connectivity index (χ4v) is 4.35. The topological polar surface area (TPSA) is 79.2 Å². The number of ether oxygens (including phenoxy) is 2. The molecule has 0 radical (unpaired) electrons. The molecule has 0 aliphatic carbocycles. The maximum absolute atomic E-state index is 11.9. The average molecular weight is 341 g/mol. The molecular weight excluding hydrogens is 318 g/mol. The molecular formula is C16H23NO5S. The monoisotopic (exact) mass is 341 g/mol. The second kappa shape index (κ2) is 7.25. The van der Waals surface area contributed by atoms with Gasteiger partial charge in [-0.05, 0) is 31.9 Å². The number of methoxy groups -OCH3 is 2. The van der Waals surface area contributed by atoms with Crippen LogP contribution in [-0.4, -0.2) is 41.6 Å². The summed E-state index contributed by atoms with van der Waals surface area (Å²) >= 11 is 0. The van der Waals surface area contributed by atoms with Gasteiger partial charge in [-0.1, -0.05) is 12.2 Å². The highest BCUT2D eigenvalue weighted by atomic mass is 32.3. The normalized spacial score (nSPS) is 18.7. The molecule has 23 heavy (non-hydrogen) atoms. The summed E-state index contributed by atoms with van der Waals surface area (Å²) in [5.74, 6) is 0.350. The number of hydrogen-bond acceptors (Lipinski definition) is 6. The van der Waals surface area contributed by atoms with E-state index in [-0.39, 0.29) is 0 Å². The molecule has 0 amide bonds. The van der Waals surface area contributed by atoms with Crippen molar-refractivity contribution < 1.29 is 23.4 Å². The smallest absolute Gasteiger partial charge is 0.337 e. The molecule has 1 aromatic carbocycles. The quantitative estimate of drug-likeness (QED) is 0.811. The standard InChI is InChI=1S/C16H23NO5S/c1-4-7-12-10-13(16(18)22-3)11-14(15(12)21-2)17-8-5-6-9-23(17,19)20/h4,7,10-11,19-20H,5-6,8-9H2,1-3H3. The lowest BCUT2D eigenvalue weighted by atomic mass is 10.1. The lowest BCUT2D eigenvalue weighted by Gasteiger charge is -2.47. The summed E-state index contributed by atoms with van der Waals surface area (Å²) in [4.78, 5) is 11.9. The molecule has 0 aromatic heterocycles. The van der Waals surface area contributed by atoms with Gasteiger partial charge in [0.15, 0.2) is 5.75 Å². The Morgan fingerprint density at radius 3 is 2.61 bits per heavy atom. The Hall–Kier alpha value is -1.70. The van der Waals surface area contributed by atoms with Crippen LogP contribution in [-0.2, 0) is 4.74 Å². The van der Waals surface area contributed by atoms with E-state index in [0.717, 1.165) is 12.8 Å². The fourth-order valence-electron chi connectivity index (χ4n) is 2.67. The summed E-state index contributed by atoms with van der Waals surface area (Å²) in [7, 11) is -0.0702. The Bertz CT molecular complexity index is 615. The molecule has 1 saturated heterocycles. The van der Waals surface area contributed by atoms with Crippen LogP contribution in [0, 0.1) is 0 Å². The largest absolute Gasteiger partial charge is 0.494 e. The van der Waals surface area contributed by atoms with E-state index in [1.165, 1.54) is 14.2 Å².